The third-order valence-corrected chi connectivity index (χ3v) is 5.82. The molecule has 0 bridgehead atoms. The molecule has 0 amide bonds. The zero-order valence-electron chi connectivity index (χ0n) is 15.4. The lowest BCUT2D eigenvalue weighted by atomic mass is 9.65. The maximum atomic E-state index is 2.40. The molecule has 1 aromatic carbocycles. The minimum absolute atomic E-state index is 0.201. The van der Waals surface area contributed by atoms with Crippen LogP contribution in [0, 0.1) is 10.8 Å². The van der Waals surface area contributed by atoms with E-state index in [0.29, 0.717) is 10.8 Å². The van der Waals surface area contributed by atoms with Crippen molar-refractivity contribution in [1.29, 1.82) is 0 Å². The number of hydrogen-bond acceptors (Lipinski definition) is 0. The molecule has 118 valence electrons. The monoisotopic (exact) mass is 286 g/mol. The van der Waals surface area contributed by atoms with Gasteiger partial charge in [-0.25, -0.2) is 0 Å². The van der Waals surface area contributed by atoms with Gasteiger partial charge in [-0.05, 0) is 52.0 Å². The van der Waals surface area contributed by atoms with Gasteiger partial charge in [0.15, 0.2) is 0 Å². The van der Waals surface area contributed by atoms with Crippen LogP contribution >= 0.6 is 0 Å². The SMILES string of the molecule is CC(C)(C)CC1(c2ccc(C(C)(C)C(C)(C)C)cc2)CC1. The molecule has 0 heterocycles. The number of benzene rings is 1. The van der Waals surface area contributed by atoms with Gasteiger partial charge >= 0.3 is 0 Å². The fraction of sp³-hybridized carbons (Fsp3) is 0.714. The maximum Gasteiger partial charge on any atom is -0.00414 e. The fourth-order valence-electron chi connectivity index (χ4n) is 3.41. The van der Waals surface area contributed by atoms with Gasteiger partial charge in [-0.2, -0.15) is 0 Å². The number of rotatable bonds is 3. The van der Waals surface area contributed by atoms with Gasteiger partial charge in [0.1, 0.15) is 0 Å². The van der Waals surface area contributed by atoms with E-state index in [2.05, 4.69) is 79.7 Å². The summed E-state index contributed by atoms with van der Waals surface area (Å²) in [5.74, 6) is 0. The highest BCUT2D eigenvalue weighted by atomic mass is 14.5. The normalized spacial score (nSPS) is 18.7. The van der Waals surface area contributed by atoms with Crippen molar-refractivity contribution in [3.63, 3.8) is 0 Å². The van der Waals surface area contributed by atoms with Gasteiger partial charge < -0.3 is 0 Å². The molecule has 1 saturated carbocycles. The van der Waals surface area contributed by atoms with Crippen molar-refractivity contribution in [3.05, 3.63) is 35.4 Å². The topological polar surface area (TPSA) is 0 Å². The lowest BCUT2D eigenvalue weighted by molar-refractivity contribution is 0.225. The molecule has 0 N–H and O–H groups in total. The zero-order valence-corrected chi connectivity index (χ0v) is 15.4. The molecule has 2 rings (SSSR count). The maximum absolute atomic E-state index is 2.40. The molecule has 0 atom stereocenters. The van der Waals surface area contributed by atoms with E-state index in [1.807, 2.05) is 0 Å². The van der Waals surface area contributed by atoms with Gasteiger partial charge in [-0.3, -0.25) is 0 Å². The molecule has 0 aliphatic heterocycles. The molecular weight excluding hydrogens is 252 g/mol. The Hall–Kier alpha value is -0.780. The molecule has 1 fully saturated rings. The lowest BCUT2D eigenvalue weighted by Gasteiger charge is -2.39. The lowest BCUT2D eigenvalue weighted by Crippen LogP contribution is -2.33. The first-order valence-corrected chi connectivity index (χ1v) is 8.49. The van der Waals surface area contributed by atoms with Gasteiger partial charge in [0.2, 0.25) is 0 Å². The molecule has 21 heavy (non-hydrogen) atoms. The summed E-state index contributed by atoms with van der Waals surface area (Å²) in [4.78, 5) is 0. The summed E-state index contributed by atoms with van der Waals surface area (Å²) < 4.78 is 0. The van der Waals surface area contributed by atoms with E-state index in [-0.39, 0.29) is 10.8 Å². The average Bonchev–Trinajstić information content (AvgIpc) is 3.06. The summed E-state index contributed by atoms with van der Waals surface area (Å²) in [6.45, 7) is 18.8. The fourth-order valence-corrected chi connectivity index (χ4v) is 3.41. The summed E-state index contributed by atoms with van der Waals surface area (Å²) in [5.41, 5.74) is 4.39. The van der Waals surface area contributed by atoms with Gasteiger partial charge in [0.05, 0.1) is 0 Å². The van der Waals surface area contributed by atoms with Crippen molar-refractivity contribution in [1.82, 2.24) is 0 Å². The summed E-state index contributed by atoms with van der Waals surface area (Å²) >= 11 is 0. The van der Waals surface area contributed by atoms with E-state index in [0.717, 1.165) is 0 Å². The summed E-state index contributed by atoms with van der Waals surface area (Å²) in [6, 6.07) is 9.57. The first-order chi connectivity index (χ1) is 9.37. The van der Waals surface area contributed by atoms with Crippen LogP contribution in [0.2, 0.25) is 0 Å². The third-order valence-electron chi connectivity index (χ3n) is 5.82. The van der Waals surface area contributed by atoms with Crippen LogP contribution in [0.3, 0.4) is 0 Å². The second-order valence-corrected chi connectivity index (χ2v) is 9.97. The van der Waals surface area contributed by atoms with Crippen LogP contribution in [0.1, 0.15) is 85.8 Å². The Morgan fingerprint density at radius 2 is 1.29 bits per heavy atom. The van der Waals surface area contributed by atoms with E-state index in [4.69, 9.17) is 0 Å². The second-order valence-electron chi connectivity index (χ2n) is 9.97. The molecule has 0 radical (unpaired) electrons. The second kappa shape index (κ2) is 4.86. The number of hydrogen-bond donors (Lipinski definition) is 0. The quantitative estimate of drug-likeness (QED) is 0.596. The van der Waals surface area contributed by atoms with E-state index in [9.17, 15) is 0 Å². The van der Waals surface area contributed by atoms with Crippen molar-refractivity contribution >= 4 is 0 Å². The molecule has 0 unspecified atom stereocenters. The standard InChI is InChI=1S/C21H34/c1-18(2,3)15-21(13-14-21)17-11-9-16(10-12-17)20(7,8)19(4,5)6/h9-12H,13-15H2,1-8H3. The minimum Gasteiger partial charge on any atom is -0.0601 e. The summed E-state index contributed by atoms with van der Waals surface area (Å²) in [6.07, 6.45) is 4.04. The van der Waals surface area contributed by atoms with Gasteiger partial charge in [0, 0.05) is 0 Å². The molecular formula is C21H34. The molecule has 0 aromatic heterocycles. The Bertz CT molecular complexity index is 484. The van der Waals surface area contributed by atoms with Crippen LogP contribution in [0.25, 0.3) is 0 Å². The van der Waals surface area contributed by atoms with E-state index in [1.165, 1.54) is 24.8 Å². The van der Waals surface area contributed by atoms with Crippen molar-refractivity contribution in [2.24, 2.45) is 10.8 Å². The molecule has 0 spiro atoms. The molecule has 1 aromatic rings. The van der Waals surface area contributed by atoms with E-state index in [1.54, 1.807) is 5.56 Å². The Kier molecular flexibility index (Phi) is 3.84. The van der Waals surface area contributed by atoms with Crippen LogP contribution in [0.4, 0.5) is 0 Å². The highest BCUT2D eigenvalue weighted by Gasteiger charge is 2.46. The van der Waals surface area contributed by atoms with E-state index < -0.39 is 0 Å². The van der Waals surface area contributed by atoms with Crippen molar-refractivity contribution in [2.75, 3.05) is 0 Å². The van der Waals surface area contributed by atoms with Gasteiger partial charge in [-0.1, -0.05) is 79.7 Å². The van der Waals surface area contributed by atoms with Crippen molar-refractivity contribution < 1.29 is 0 Å². The van der Waals surface area contributed by atoms with Crippen molar-refractivity contribution in [3.8, 4) is 0 Å². The van der Waals surface area contributed by atoms with Crippen LogP contribution in [-0.4, -0.2) is 0 Å². The third kappa shape index (κ3) is 3.35. The summed E-state index contributed by atoms with van der Waals surface area (Å²) in [7, 11) is 0. The molecule has 0 nitrogen and oxygen atoms in total. The minimum atomic E-state index is 0.201. The Morgan fingerprint density at radius 3 is 1.62 bits per heavy atom. The first kappa shape index (κ1) is 16.6. The van der Waals surface area contributed by atoms with Crippen LogP contribution in [0.5, 0.6) is 0 Å². The highest BCUT2D eigenvalue weighted by Crippen LogP contribution is 2.55. The Labute approximate surface area is 132 Å². The Morgan fingerprint density at radius 1 is 0.810 bits per heavy atom. The van der Waals surface area contributed by atoms with Crippen LogP contribution in [-0.2, 0) is 10.8 Å². The average molecular weight is 287 g/mol. The molecule has 1 aliphatic rings. The highest BCUT2D eigenvalue weighted by molar-refractivity contribution is 5.37. The molecule has 0 saturated heterocycles. The predicted molar refractivity (Wildman–Crippen MR) is 93.9 cm³/mol. The summed E-state index contributed by atoms with van der Waals surface area (Å²) in [5, 5.41) is 0. The Balaban J connectivity index is 2.25. The largest absolute Gasteiger partial charge is 0.0601 e. The molecule has 0 heteroatoms. The zero-order chi connectivity index (χ0) is 16.1. The molecule has 1 aliphatic carbocycles. The van der Waals surface area contributed by atoms with Crippen molar-refractivity contribution in [2.45, 2.75) is 85.5 Å². The first-order valence-electron chi connectivity index (χ1n) is 8.49. The van der Waals surface area contributed by atoms with E-state index >= 15 is 0 Å². The van der Waals surface area contributed by atoms with Crippen LogP contribution in [0.15, 0.2) is 24.3 Å². The van der Waals surface area contributed by atoms with Crippen LogP contribution < -0.4 is 0 Å². The predicted octanol–water partition coefficient (Wildman–Crippen LogP) is 6.48. The van der Waals surface area contributed by atoms with Gasteiger partial charge in [-0.15, -0.1) is 0 Å². The van der Waals surface area contributed by atoms with Gasteiger partial charge in [0.25, 0.3) is 0 Å². The smallest absolute Gasteiger partial charge is 0.00414 e.